The number of carbonyl (C=O) groups excluding carboxylic acids is 1. The topological polar surface area (TPSA) is 182 Å². The van der Waals surface area contributed by atoms with E-state index in [0.717, 1.165) is 0 Å². The number of carbonyl (C=O) groups is 1. The van der Waals surface area contributed by atoms with E-state index in [-0.39, 0.29) is 28.8 Å². The molecule has 0 aliphatic heterocycles. The van der Waals surface area contributed by atoms with Crippen molar-refractivity contribution in [1.82, 2.24) is 24.7 Å². The summed E-state index contributed by atoms with van der Waals surface area (Å²) in [5, 5.41) is 41.3. The number of anilines is 4. The summed E-state index contributed by atoms with van der Waals surface area (Å²) in [5.74, 6) is 0.937. The Bertz CT molecular complexity index is 1650. The zero-order valence-electron chi connectivity index (χ0n) is 22.6. The molecule has 0 fully saturated rings. The molecule has 0 spiro atoms. The summed E-state index contributed by atoms with van der Waals surface area (Å²) >= 11 is 0. The van der Waals surface area contributed by atoms with Crippen molar-refractivity contribution in [2.75, 3.05) is 23.0 Å². The van der Waals surface area contributed by atoms with Crippen molar-refractivity contribution in [2.24, 2.45) is 15.6 Å². The number of rotatable bonds is 7. The molecule has 4 aromatic rings. The van der Waals surface area contributed by atoms with E-state index in [1.165, 1.54) is 10.9 Å². The molecule has 0 aliphatic rings. The highest BCUT2D eigenvalue weighted by Crippen LogP contribution is 2.36. The summed E-state index contributed by atoms with van der Waals surface area (Å²) in [6.07, 6.45) is 4.44. The Hall–Kier alpha value is -5.69. The molecule has 3 N–H and O–H groups in total. The van der Waals surface area contributed by atoms with E-state index in [1.54, 1.807) is 56.7 Å². The smallest absolute Gasteiger partial charge is 0.252 e. The zero-order valence-corrected chi connectivity index (χ0v) is 22.6. The van der Waals surface area contributed by atoms with Gasteiger partial charge in [-0.05, 0) is 37.3 Å². The largest absolute Gasteiger partial charge is 0.371 e. The molecule has 0 bridgehead atoms. The molecular weight excluding hydrogens is 508 g/mol. The van der Waals surface area contributed by atoms with Gasteiger partial charge >= 0.3 is 0 Å². The first kappa shape index (κ1) is 27.3. The minimum atomic E-state index is -0.520. The molecule has 4 rings (SSSR count). The number of hydrogen-bond acceptors (Lipinski definition) is 11. The van der Waals surface area contributed by atoms with Crippen LogP contribution < -0.4 is 16.0 Å². The van der Waals surface area contributed by atoms with E-state index < -0.39 is 5.41 Å². The van der Waals surface area contributed by atoms with Gasteiger partial charge in [-0.2, -0.15) is 20.3 Å². The molecule has 1 amide bonds. The molecule has 0 saturated heterocycles. The first-order valence-electron chi connectivity index (χ1n) is 12.1. The van der Waals surface area contributed by atoms with Gasteiger partial charge in [0, 0.05) is 41.8 Å². The molecule has 13 heteroatoms. The maximum absolute atomic E-state index is 12.3. The van der Waals surface area contributed by atoms with Crippen LogP contribution in [-0.4, -0.2) is 37.7 Å². The first-order chi connectivity index (χ1) is 19.2. The van der Waals surface area contributed by atoms with Crippen LogP contribution in [0, 0.1) is 35.0 Å². The molecule has 3 aromatic heterocycles. The number of pyridine rings is 1. The van der Waals surface area contributed by atoms with Gasteiger partial charge in [0.2, 0.25) is 5.91 Å². The lowest BCUT2D eigenvalue weighted by atomic mass is 9.95. The van der Waals surface area contributed by atoms with E-state index in [9.17, 15) is 15.3 Å². The van der Waals surface area contributed by atoms with E-state index in [2.05, 4.69) is 52.3 Å². The molecule has 40 heavy (non-hydrogen) atoms. The fraction of sp³-hybridized carbons (Fsp3) is 0.222. The van der Waals surface area contributed by atoms with Gasteiger partial charge in [0.15, 0.2) is 17.5 Å². The number of hydrogen-bond donors (Lipinski definition) is 3. The van der Waals surface area contributed by atoms with E-state index >= 15 is 0 Å². The van der Waals surface area contributed by atoms with Crippen LogP contribution in [0.25, 0.3) is 5.95 Å². The molecule has 0 saturated carbocycles. The van der Waals surface area contributed by atoms with Gasteiger partial charge in [-0.1, -0.05) is 20.8 Å². The number of nitrogens with zero attached hydrogens (tertiary/aromatic N) is 9. The molecule has 0 unspecified atom stereocenters. The van der Waals surface area contributed by atoms with Gasteiger partial charge in [-0.3, -0.25) is 4.79 Å². The fourth-order valence-electron chi connectivity index (χ4n) is 3.47. The Morgan fingerprint density at radius 2 is 1.68 bits per heavy atom. The Morgan fingerprint density at radius 3 is 2.27 bits per heavy atom. The second-order valence-corrected chi connectivity index (χ2v) is 9.58. The van der Waals surface area contributed by atoms with Crippen LogP contribution in [0.3, 0.4) is 0 Å². The fourth-order valence-corrected chi connectivity index (χ4v) is 3.47. The summed E-state index contributed by atoms with van der Waals surface area (Å²) in [6, 6.07) is 13.0. The lowest BCUT2D eigenvalue weighted by molar-refractivity contribution is -0.123. The SMILES string of the molecule is CNc1nc(Nc2ccc(NC(=O)C(C)(C)C)cc2)c(C#N)c(C)c1/N=N/c1c(C#N)cnn1-c1ncccn1. The summed E-state index contributed by atoms with van der Waals surface area (Å²) in [7, 11) is 1.67. The Kier molecular flexibility index (Phi) is 7.77. The molecule has 0 atom stereocenters. The van der Waals surface area contributed by atoms with Gasteiger partial charge in [0.05, 0.1) is 11.8 Å². The number of nitriles is 2. The van der Waals surface area contributed by atoms with Crippen LogP contribution in [-0.2, 0) is 4.79 Å². The van der Waals surface area contributed by atoms with Gasteiger partial charge < -0.3 is 16.0 Å². The maximum Gasteiger partial charge on any atom is 0.252 e. The van der Waals surface area contributed by atoms with Crippen molar-refractivity contribution < 1.29 is 4.79 Å². The second kappa shape index (κ2) is 11.4. The van der Waals surface area contributed by atoms with Gasteiger partial charge in [-0.15, -0.1) is 10.2 Å². The number of nitrogens with one attached hydrogen (secondary N) is 3. The predicted molar refractivity (Wildman–Crippen MR) is 149 cm³/mol. The van der Waals surface area contributed by atoms with Crippen LogP contribution in [0.2, 0.25) is 0 Å². The number of benzene rings is 1. The lowest BCUT2D eigenvalue weighted by Crippen LogP contribution is -2.27. The van der Waals surface area contributed by atoms with Crippen molar-refractivity contribution in [1.29, 1.82) is 10.5 Å². The minimum absolute atomic E-state index is 0.0954. The third-order valence-electron chi connectivity index (χ3n) is 5.70. The van der Waals surface area contributed by atoms with Crippen molar-refractivity contribution in [3.63, 3.8) is 0 Å². The molecular formula is C27H26N12O. The Morgan fingerprint density at radius 1 is 1.00 bits per heavy atom. The average molecular weight is 535 g/mol. The zero-order chi connectivity index (χ0) is 28.9. The summed E-state index contributed by atoms with van der Waals surface area (Å²) in [4.78, 5) is 25.1. The molecule has 0 aliphatic carbocycles. The number of azo groups is 1. The number of amides is 1. The highest BCUT2D eigenvalue weighted by molar-refractivity contribution is 5.94. The summed E-state index contributed by atoms with van der Waals surface area (Å²) in [6.45, 7) is 7.25. The third-order valence-corrected chi connectivity index (χ3v) is 5.70. The molecule has 3 heterocycles. The predicted octanol–water partition coefficient (Wildman–Crippen LogP) is 5.29. The van der Waals surface area contributed by atoms with Gasteiger partial charge in [-0.25, -0.2) is 15.0 Å². The van der Waals surface area contributed by atoms with Gasteiger partial charge in [0.25, 0.3) is 5.95 Å². The highest BCUT2D eigenvalue weighted by atomic mass is 16.2. The van der Waals surface area contributed by atoms with Crippen LogP contribution in [0.15, 0.2) is 59.2 Å². The minimum Gasteiger partial charge on any atom is -0.371 e. The molecule has 1 aromatic carbocycles. The normalized spacial score (nSPS) is 11.1. The number of aromatic nitrogens is 5. The van der Waals surface area contributed by atoms with Crippen molar-refractivity contribution >= 4 is 40.4 Å². The maximum atomic E-state index is 12.3. The van der Waals surface area contributed by atoms with E-state index in [1.807, 2.05) is 26.8 Å². The van der Waals surface area contributed by atoms with Crippen molar-refractivity contribution in [3.8, 4) is 18.1 Å². The van der Waals surface area contributed by atoms with Crippen molar-refractivity contribution in [3.05, 3.63) is 65.6 Å². The van der Waals surface area contributed by atoms with Gasteiger partial charge in [0.1, 0.15) is 23.4 Å². The average Bonchev–Trinajstić information content (AvgIpc) is 3.36. The molecule has 0 radical (unpaired) electrons. The first-order valence-corrected chi connectivity index (χ1v) is 12.1. The highest BCUT2D eigenvalue weighted by Gasteiger charge is 2.21. The molecule has 200 valence electrons. The van der Waals surface area contributed by atoms with Crippen LogP contribution in [0.5, 0.6) is 0 Å². The third kappa shape index (κ3) is 5.74. The van der Waals surface area contributed by atoms with Crippen LogP contribution >= 0.6 is 0 Å². The monoisotopic (exact) mass is 534 g/mol. The Balaban J connectivity index is 1.66. The van der Waals surface area contributed by atoms with Crippen LogP contribution in [0.4, 0.5) is 34.5 Å². The van der Waals surface area contributed by atoms with E-state index in [4.69, 9.17) is 0 Å². The van der Waals surface area contributed by atoms with E-state index in [0.29, 0.717) is 34.3 Å². The standard InChI is InChI=1S/C27H26N12O/c1-16-20(14-29)22(34-18-7-9-19(10-8-18)35-25(40)27(2,3)4)36-23(30-5)21(16)37-38-24-17(13-28)15-33-39(24)26-31-11-6-12-32-26/h6-12,15H,1-5H3,(H,35,40)(H2,30,34,36)/b38-37+. The molecule has 13 nitrogen and oxygen atoms in total. The summed E-state index contributed by atoms with van der Waals surface area (Å²) < 4.78 is 1.30. The summed E-state index contributed by atoms with van der Waals surface area (Å²) in [5.41, 5.74) is 2.07. The lowest BCUT2D eigenvalue weighted by Gasteiger charge is -2.18. The second-order valence-electron chi connectivity index (χ2n) is 9.58. The quantitative estimate of drug-likeness (QED) is 0.265. The Labute approximate surface area is 230 Å². The van der Waals surface area contributed by atoms with Crippen molar-refractivity contribution in [2.45, 2.75) is 27.7 Å². The van der Waals surface area contributed by atoms with Crippen LogP contribution in [0.1, 0.15) is 37.5 Å².